The van der Waals surface area contributed by atoms with E-state index in [4.69, 9.17) is 11.6 Å². The van der Waals surface area contributed by atoms with Crippen LogP contribution in [0.4, 0.5) is 14.9 Å². The highest BCUT2D eigenvalue weighted by Crippen LogP contribution is 2.25. The maximum Gasteiger partial charge on any atom is 0.319 e. The van der Waals surface area contributed by atoms with Gasteiger partial charge in [-0.25, -0.2) is 14.2 Å². The molecule has 7 heteroatoms. The lowest BCUT2D eigenvalue weighted by atomic mass is 10.2. The van der Waals surface area contributed by atoms with Crippen molar-refractivity contribution in [1.82, 2.24) is 14.9 Å². The van der Waals surface area contributed by atoms with Gasteiger partial charge in [-0.15, -0.1) is 0 Å². The zero-order chi connectivity index (χ0) is 20.2. The molecule has 0 radical (unpaired) electrons. The molecule has 0 bridgehead atoms. The molecule has 5 nitrogen and oxygen atoms in total. The molecule has 3 aromatic carbocycles. The number of anilines is 1. The van der Waals surface area contributed by atoms with E-state index in [0.29, 0.717) is 23.8 Å². The summed E-state index contributed by atoms with van der Waals surface area (Å²) in [5.74, 6) is 0.425. The van der Waals surface area contributed by atoms with Gasteiger partial charge in [0.2, 0.25) is 0 Å². The van der Waals surface area contributed by atoms with E-state index in [1.54, 1.807) is 36.4 Å². The van der Waals surface area contributed by atoms with E-state index in [-0.39, 0.29) is 11.8 Å². The van der Waals surface area contributed by atoms with Crippen molar-refractivity contribution in [3.63, 3.8) is 0 Å². The van der Waals surface area contributed by atoms with Crippen LogP contribution in [0.15, 0.2) is 72.8 Å². The fourth-order valence-corrected chi connectivity index (χ4v) is 3.31. The molecule has 146 valence electrons. The highest BCUT2D eigenvalue weighted by atomic mass is 35.5. The first-order chi connectivity index (χ1) is 14.1. The summed E-state index contributed by atoms with van der Waals surface area (Å²) in [6, 6.07) is 20.7. The average molecular weight is 409 g/mol. The maximum atomic E-state index is 13.3. The highest BCUT2D eigenvalue weighted by molar-refractivity contribution is 6.33. The van der Waals surface area contributed by atoms with Gasteiger partial charge in [0.05, 0.1) is 21.7 Å². The molecular weight excluding hydrogens is 391 g/mol. The Morgan fingerprint density at radius 1 is 1.00 bits per heavy atom. The van der Waals surface area contributed by atoms with Crippen LogP contribution in [0.3, 0.4) is 0 Å². The van der Waals surface area contributed by atoms with Crippen molar-refractivity contribution in [3.05, 3.63) is 83.6 Å². The molecule has 0 aliphatic rings. The van der Waals surface area contributed by atoms with Crippen molar-refractivity contribution in [2.24, 2.45) is 0 Å². The normalized spacial score (nSPS) is 10.8. The number of imidazole rings is 1. The van der Waals surface area contributed by atoms with Crippen molar-refractivity contribution in [3.8, 4) is 11.4 Å². The van der Waals surface area contributed by atoms with Crippen LogP contribution in [-0.4, -0.2) is 22.1 Å². The minimum atomic E-state index is -0.342. The number of nitrogens with zero attached hydrogens (tertiary/aromatic N) is 2. The SMILES string of the molecule is O=C(NCCn1c(-c2ccc(F)cc2)nc2ccccc21)Nc1ccccc1Cl. The molecule has 29 heavy (non-hydrogen) atoms. The summed E-state index contributed by atoms with van der Waals surface area (Å²) >= 11 is 6.07. The van der Waals surface area contributed by atoms with Gasteiger partial charge >= 0.3 is 6.03 Å². The fourth-order valence-electron chi connectivity index (χ4n) is 3.13. The number of para-hydroxylation sites is 3. The quantitative estimate of drug-likeness (QED) is 0.469. The minimum absolute atomic E-state index is 0.297. The second-order valence-corrected chi connectivity index (χ2v) is 6.85. The third-order valence-corrected chi connectivity index (χ3v) is 4.83. The molecule has 0 fully saturated rings. The number of aromatic nitrogens is 2. The monoisotopic (exact) mass is 408 g/mol. The molecule has 4 rings (SSSR count). The third-order valence-electron chi connectivity index (χ3n) is 4.50. The largest absolute Gasteiger partial charge is 0.336 e. The summed E-state index contributed by atoms with van der Waals surface area (Å²) in [6.07, 6.45) is 0. The van der Waals surface area contributed by atoms with Crippen molar-refractivity contribution >= 4 is 34.4 Å². The topological polar surface area (TPSA) is 59.0 Å². The van der Waals surface area contributed by atoms with Crippen LogP contribution in [-0.2, 0) is 6.54 Å². The molecule has 0 aliphatic carbocycles. The number of rotatable bonds is 5. The van der Waals surface area contributed by atoms with E-state index in [0.717, 1.165) is 22.4 Å². The van der Waals surface area contributed by atoms with Crippen LogP contribution in [0.5, 0.6) is 0 Å². The Morgan fingerprint density at radius 2 is 1.72 bits per heavy atom. The number of hydrogen-bond donors (Lipinski definition) is 2. The van der Waals surface area contributed by atoms with Crippen LogP contribution >= 0.6 is 11.6 Å². The first-order valence-electron chi connectivity index (χ1n) is 9.12. The summed E-state index contributed by atoms with van der Waals surface area (Å²) in [7, 11) is 0. The van der Waals surface area contributed by atoms with E-state index >= 15 is 0 Å². The van der Waals surface area contributed by atoms with Crippen LogP contribution in [0, 0.1) is 5.82 Å². The van der Waals surface area contributed by atoms with Gasteiger partial charge in [-0.3, -0.25) is 0 Å². The van der Waals surface area contributed by atoms with Gasteiger partial charge in [0, 0.05) is 18.7 Å². The molecular formula is C22H18ClFN4O. The van der Waals surface area contributed by atoms with E-state index in [2.05, 4.69) is 15.6 Å². The lowest BCUT2D eigenvalue weighted by molar-refractivity contribution is 0.251. The first-order valence-corrected chi connectivity index (χ1v) is 9.50. The number of carbonyl (C=O) groups excluding carboxylic acids is 1. The second kappa shape index (κ2) is 8.32. The zero-order valence-electron chi connectivity index (χ0n) is 15.4. The number of fused-ring (bicyclic) bond motifs is 1. The van der Waals surface area contributed by atoms with Gasteiger partial charge in [-0.2, -0.15) is 0 Å². The average Bonchev–Trinajstić information content (AvgIpc) is 3.09. The molecule has 0 saturated carbocycles. The number of benzene rings is 3. The molecule has 4 aromatic rings. The summed E-state index contributed by atoms with van der Waals surface area (Å²) in [5.41, 5.74) is 3.14. The molecule has 0 spiro atoms. The second-order valence-electron chi connectivity index (χ2n) is 6.44. The maximum absolute atomic E-state index is 13.3. The molecule has 1 heterocycles. The smallest absolute Gasteiger partial charge is 0.319 e. The number of hydrogen-bond acceptors (Lipinski definition) is 2. The minimum Gasteiger partial charge on any atom is -0.336 e. The van der Waals surface area contributed by atoms with Gasteiger partial charge in [-0.1, -0.05) is 35.9 Å². The third kappa shape index (κ3) is 4.22. The van der Waals surface area contributed by atoms with E-state index in [1.807, 2.05) is 28.8 Å². The van der Waals surface area contributed by atoms with Gasteiger partial charge < -0.3 is 15.2 Å². The van der Waals surface area contributed by atoms with E-state index in [1.165, 1.54) is 12.1 Å². The molecule has 2 N–H and O–H groups in total. The predicted octanol–water partition coefficient (Wildman–Crippen LogP) is 5.32. The number of amides is 2. The summed E-state index contributed by atoms with van der Waals surface area (Å²) in [4.78, 5) is 16.9. The van der Waals surface area contributed by atoms with Gasteiger partial charge in [-0.05, 0) is 48.5 Å². The number of carbonyl (C=O) groups is 1. The highest BCUT2D eigenvalue weighted by Gasteiger charge is 2.13. The molecule has 2 amide bonds. The van der Waals surface area contributed by atoms with Crippen molar-refractivity contribution < 1.29 is 9.18 Å². The Kier molecular flexibility index (Phi) is 5.44. The first kappa shape index (κ1) is 19.0. The van der Waals surface area contributed by atoms with Crippen molar-refractivity contribution in [2.75, 3.05) is 11.9 Å². The Balaban J connectivity index is 1.51. The Hall–Kier alpha value is -3.38. The molecule has 0 atom stereocenters. The molecule has 0 unspecified atom stereocenters. The van der Waals surface area contributed by atoms with Crippen LogP contribution < -0.4 is 10.6 Å². The predicted molar refractivity (Wildman–Crippen MR) is 114 cm³/mol. The molecule has 0 saturated heterocycles. The Labute approximate surface area is 172 Å². The standard InChI is InChI=1S/C22H18ClFN4O/c23-17-5-1-2-6-18(17)27-22(29)25-13-14-28-20-8-4-3-7-19(20)26-21(28)15-9-11-16(24)12-10-15/h1-12H,13-14H2,(H2,25,27,29). The van der Waals surface area contributed by atoms with Crippen LogP contribution in [0.1, 0.15) is 0 Å². The zero-order valence-corrected chi connectivity index (χ0v) is 16.2. The van der Waals surface area contributed by atoms with Crippen LogP contribution in [0.2, 0.25) is 5.02 Å². The van der Waals surface area contributed by atoms with Crippen molar-refractivity contribution in [2.45, 2.75) is 6.54 Å². The molecule has 0 aliphatic heterocycles. The Bertz CT molecular complexity index is 1160. The lowest BCUT2D eigenvalue weighted by Crippen LogP contribution is -2.31. The van der Waals surface area contributed by atoms with Crippen LogP contribution in [0.25, 0.3) is 22.4 Å². The molecule has 1 aromatic heterocycles. The van der Waals surface area contributed by atoms with Gasteiger partial charge in [0.15, 0.2) is 0 Å². The number of nitrogens with one attached hydrogen (secondary N) is 2. The van der Waals surface area contributed by atoms with E-state index in [9.17, 15) is 9.18 Å². The lowest BCUT2D eigenvalue weighted by Gasteiger charge is -2.12. The summed E-state index contributed by atoms with van der Waals surface area (Å²) < 4.78 is 15.3. The summed E-state index contributed by atoms with van der Waals surface area (Å²) in [6.45, 7) is 0.883. The number of halogens is 2. The number of urea groups is 1. The Morgan fingerprint density at radius 3 is 2.52 bits per heavy atom. The van der Waals surface area contributed by atoms with Gasteiger partial charge in [0.1, 0.15) is 11.6 Å². The fraction of sp³-hybridized carbons (Fsp3) is 0.0909. The van der Waals surface area contributed by atoms with E-state index < -0.39 is 0 Å². The van der Waals surface area contributed by atoms with Crippen molar-refractivity contribution in [1.29, 1.82) is 0 Å². The van der Waals surface area contributed by atoms with Gasteiger partial charge in [0.25, 0.3) is 0 Å². The summed E-state index contributed by atoms with van der Waals surface area (Å²) in [5, 5.41) is 6.04.